The molecule has 0 aliphatic carbocycles. The number of nitrogens with one attached hydrogen (secondary N) is 2. The van der Waals surface area contributed by atoms with Crippen molar-refractivity contribution < 1.29 is 0 Å². The van der Waals surface area contributed by atoms with Crippen LogP contribution in [0.3, 0.4) is 0 Å². The first-order valence-electron chi connectivity index (χ1n) is 5.23. The van der Waals surface area contributed by atoms with Crippen molar-refractivity contribution in [2.24, 2.45) is 5.84 Å². The second-order valence-corrected chi connectivity index (χ2v) is 3.92. The lowest BCUT2D eigenvalue weighted by molar-refractivity contribution is 1.04. The van der Waals surface area contributed by atoms with Crippen molar-refractivity contribution >= 4 is 23.0 Å². The molecule has 0 fully saturated rings. The summed E-state index contributed by atoms with van der Waals surface area (Å²) in [5.41, 5.74) is 5.57. The predicted octanol–water partition coefficient (Wildman–Crippen LogP) is 2.51. The van der Waals surface area contributed by atoms with Crippen molar-refractivity contribution in [1.29, 1.82) is 0 Å². The summed E-state index contributed by atoms with van der Waals surface area (Å²) >= 11 is 5.00. The van der Waals surface area contributed by atoms with Crippen molar-refractivity contribution in [2.75, 3.05) is 5.32 Å². The van der Waals surface area contributed by atoms with E-state index in [2.05, 4.69) is 22.9 Å². The van der Waals surface area contributed by atoms with E-state index in [9.17, 15) is 0 Å². The van der Waals surface area contributed by atoms with Gasteiger partial charge in [-0.3, -0.25) is 0 Å². The highest BCUT2D eigenvalue weighted by Gasteiger charge is 2.04. The second-order valence-electron chi connectivity index (χ2n) is 3.51. The molecule has 4 heteroatoms. The number of para-hydroxylation sites is 1. The van der Waals surface area contributed by atoms with E-state index >= 15 is 0 Å². The van der Waals surface area contributed by atoms with Crippen molar-refractivity contribution in [3.8, 4) is 11.1 Å². The van der Waals surface area contributed by atoms with Crippen molar-refractivity contribution in [2.45, 2.75) is 0 Å². The zero-order chi connectivity index (χ0) is 12.1. The summed E-state index contributed by atoms with van der Waals surface area (Å²) in [6, 6.07) is 18.1. The molecule has 0 aliphatic rings. The lowest BCUT2D eigenvalue weighted by atomic mass is 10.0. The van der Waals surface area contributed by atoms with Crippen LogP contribution in [-0.2, 0) is 0 Å². The van der Waals surface area contributed by atoms with Gasteiger partial charge in [0.15, 0.2) is 5.11 Å². The highest BCUT2D eigenvalue weighted by Crippen LogP contribution is 2.27. The van der Waals surface area contributed by atoms with Gasteiger partial charge >= 0.3 is 0 Å². The van der Waals surface area contributed by atoms with Crippen LogP contribution in [0.1, 0.15) is 0 Å². The molecular formula is C13H13N3S. The number of benzene rings is 2. The monoisotopic (exact) mass is 243 g/mol. The van der Waals surface area contributed by atoms with E-state index in [1.54, 1.807) is 0 Å². The van der Waals surface area contributed by atoms with Crippen LogP contribution in [0.5, 0.6) is 0 Å². The lowest BCUT2D eigenvalue weighted by Gasteiger charge is -2.12. The van der Waals surface area contributed by atoms with Gasteiger partial charge in [-0.1, -0.05) is 48.5 Å². The first-order chi connectivity index (χ1) is 8.31. The molecule has 0 saturated heterocycles. The van der Waals surface area contributed by atoms with E-state index in [1.807, 2.05) is 42.5 Å². The van der Waals surface area contributed by atoms with Crippen molar-refractivity contribution in [3.63, 3.8) is 0 Å². The first-order valence-corrected chi connectivity index (χ1v) is 5.64. The highest BCUT2D eigenvalue weighted by atomic mass is 32.1. The summed E-state index contributed by atoms with van der Waals surface area (Å²) in [5, 5.41) is 3.45. The van der Waals surface area contributed by atoms with Gasteiger partial charge in [0.1, 0.15) is 0 Å². The Morgan fingerprint density at radius 2 is 1.59 bits per heavy atom. The van der Waals surface area contributed by atoms with Crippen molar-refractivity contribution in [3.05, 3.63) is 54.6 Å². The zero-order valence-electron chi connectivity index (χ0n) is 9.18. The van der Waals surface area contributed by atoms with Crippen LogP contribution in [0.4, 0.5) is 5.69 Å². The fraction of sp³-hybridized carbons (Fsp3) is 0. The summed E-state index contributed by atoms with van der Waals surface area (Å²) in [6.45, 7) is 0. The van der Waals surface area contributed by atoms with E-state index in [1.165, 1.54) is 0 Å². The molecular weight excluding hydrogens is 230 g/mol. The molecule has 4 N–H and O–H groups in total. The number of thiocarbonyl (C=S) groups is 1. The summed E-state index contributed by atoms with van der Waals surface area (Å²) in [6.07, 6.45) is 0. The number of hydrazine groups is 1. The van der Waals surface area contributed by atoms with Crippen LogP contribution >= 0.6 is 12.2 Å². The minimum Gasteiger partial charge on any atom is -0.331 e. The molecule has 86 valence electrons. The smallest absolute Gasteiger partial charge is 0.185 e. The Kier molecular flexibility index (Phi) is 3.69. The second kappa shape index (κ2) is 5.43. The molecule has 0 aromatic heterocycles. The maximum atomic E-state index is 5.25. The third-order valence-corrected chi connectivity index (χ3v) is 2.61. The maximum Gasteiger partial charge on any atom is 0.185 e. The standard InChI is InChI=1S/C13H13N3S/c14-16-13(17)15-12-9-5-4-8-11(12)10-6-2-1-3-7-10/h1-9H,14H2,(H2,15,16,17). The van der Waals surface area contributed by atoms with E-state index in [0.717, 1.165) is 16.8 Å². The number of anilines is 1. The third kappa shape index (κ3) is 2.81. The van der Waals surface area contributed by atoms with Gasteiger partial charge in [0.25, 0.3) is 0 Å². The average molecular weight is 243 g/mol. The Hall–Kier alpha value is -1.91. The summed E-state index contributed by atoms with van der Waals surface area (Å²) in [7, 11) is 0. The summed E-state index contributed by atoms with van der Waals surface area (Å²) in [4.78, 5) is 0. The van der Waals surface area contributed by atoms with E-state index in [-0.39, 0.29) is 0 Å². The molecule has 0 amide bonds. The van der Waals surface area contributed by atoms with Crippen LogP contribution in [0, 0.1) is 0 Å². The maximum absolute atomic E-state index is 5.25. The minimum absolute atomic E-state index is 0.397. The number of hydrogen-bond donors (Lipinski definition) is 3. The molecule has 0 spiro atoms. The Balaban J connectivity index is 2.38. The van der Waals surface area contributed by atoms with Gasteiger partial charge in [-0.2, -0.15) is 0 Å². The average Bonchev–Trinajstić information content (AvgIpc) is 2.40. The number of rotatable bonds is 2. The Labute approximate surface area is 106 Å². The summed E-state index contributed by atoms with van der Waals surface area (Å²) < 4.78 is 0. The van der Waals surface area contributed by atoms with Crippen LogP contribution in [-0.4, -0.2) is 5.11 Å². The Morgan fingerprint density at radius 3 is 2.29 bits per heavy atom. The molecule has 0 radical (unpaired) electrons. The van der Waals surface area contributed by atoms with Crippen LogP contribution in [0.2, 0.25) is 0 Å². The molecule has 2 aromatic carbocycles. The molecule has 2 rings (SSSR count). The molecule has 3 nitrogen and oxygen atoms in total. The van der Waals surface area contributed by atoms with Gasteiger partial charge in [0.2, 0.25) is 0 Å². The number of nitrogens with two attached hydrogens (primary N) is 1. The molecule has 0 bridgehead atoms. The fourth-order valence-corrected chi connectivity index (χ4v) is 1.73. The van der Waals surface area contributed by atoms with Gasteiger partial charge in [-0.25, -0.2) is 5.84 Å². The molecule has 0 aliphatic heterocycles. The van der Waals surface area contributed by atoms with Gasteiger partial charge < -0.3 is 10.7 Å². The van der Waals surface area contributed by atoms with Crippen LogP contribution < -0.4 is 16.6 Å². The van der Waals surface area contributed by atoms with Gasteiger partial charge in [-0.05, 0) is 23.8 Å². The fourth-order valence-electron chi connectivity index (χ4n) is 1.62. The molecule has 0 heterocycles. The predicted molar refractivity (Wildman–Crippen MR) is 75.4 cm³/mol. The molecule has 2 aromatic rings. The highest BCUT2D eigenvalue weighted by molar-refractivity contribution is 7.80. The Morgan fingerprint density at radius 1 is 0.941 bits per heavy atom. The van der Waals surface area contributed by atoms with Gasteiger partial charge in [0.05, 0.1) is 0 Å². The minimum atomic E-state index is 0.397. The number of hydrogen-bond acceptors (Lipinski definition) is 2. The topological polar surface area (TPSA) is 50.1 Å². The first kappa shape index (κ1) is 11.6. The lowest BCUT2D eigenvalue weighted by Crippen LogP contribution is -2.34. The zero-order valence-corrected chi connectivity index (χ0v) is 10.00. The van der Waals surface area contributed by atoms with E-state index in [4.69, 9.17) is 18.1 Å². The largest absolute Gasteiger partial charge is 0.331 e. The Bertz CT molecular complexity index is 511. The molecule has 0 saturated carbocycles. The summed E-state index contributed by atoms with van der Waals surface area (Å²) in [5.74, 6) is 5.25. The molecule has 0 atom stereocenters. The van der Waals surface area contributed by atoms with E-state index < -0.39 is 0 Å². The molecule has 0 unspecified atom stereocenters. The quantitative estimate of drug-likeness (QED) is 0.431. The van der Waals surface area contributed by atoms with Crippen LogP contribution in [0.15, 0.2) is 54.6 Å². The van der Waals surface area contributed by atoms with Crippen LogP contribution in [0.25, 0.3) is 11.1 Å². The SMILES string of the molecule is NNC(=S)Nc1ccccc1-c1ccccc1. The van der Waals surface area contributed by atoms with Gasteiger partial charge in [-0.15, -0.1) is 0 Å². The van der Waals surface area contributed by atoms with Gasteiger partial charge in [0, 0.05) is 11.3 Å². The molecule has 17 heavy (non-hydrogen) atoms. The van der Waals surface area contributed by atoms with E-state index in [0.29, 0.717) is 5.11 Å². The normalized spacial score (nSPS) is 9.71. The van der Waals surface area contributed by atoms with Crippen molar-refractivity contribution in [1.82, 2.24) is 5.43 Å². The third-order valence-electron chi connectivity index (χ3n) is 2.39.